The van der Waals surface area contributed by atoms with Crippen LogP contribution in [-0.2, 0) is 0 Å². The van der Waals surface area contributed by atoms with Gasteiger partial charge in [-0.05, 0) is 119 Å². The molecule has 0 saturated heterocycles. The van der Waals surface area contributed by atoms with E-state index in [0.717, 1.165) is 36.8 Å². The summed E-state index contributed by atoms with van der Waals surface area (Å²) in [6, 6.07) is 28.3. The van der Waals surface area contributed by atoms with E-state index in [1.165, 1.54) is 57.4 Å². The van der Waals surface area contributed by atoms with Gasteiger partial charge in [-0.25, -0.2) is 0 Å². The summed E-state index contributed by atoms with van der Waals surface area (Å²) in [6.07, 6.45) is 12.5. The summed E-state index contributed by atoms with van der Waals surface area (Å²) in [7, 11) is 0. The van der Waals surface area contributed by atoms with Crippen LogP contribution in [0.3, 0.4) is 0 Å². The summed E-state index contributed by atoms with van der Waals surface area (Å²) in [4.78, 5) is 0. The van der Waals surface area contributed by atoms with Crippen molar-refractivity contribution in [3.8, 4) is 22.3 Å². The first-order chi connectivity index (χ1) is 19.1. The van der Waals surface area contributed by atoms with Crippen molar-refractivity contribution in [1.29, 1.82) is 0 Å². The van der Waals surface area contributed by atoms with E-state index in [1.807, 2.05) is 13.0 Å². The molecule has 0 radical (unpaired) electrons. The van der Waals surface area contributed by atoms with Crippen LogP contribution in [0.25, 0.3) is 27.8 Å². The molecular formula is C36H39N3. The Balaban J connectivity index is 1.65. The smallest absolute Gasteiger partial charge is 0.0583 e. The zero-order valence-corrected chi connectivity index (χ0v) is 22.9. The molecule has 0 bridgehead atoms. The predicted octanol–water partition coefficient (Wildman–Crippen LogP) is 8.03. The first kappa shape index (κ1) is 26.5. The summed E-state index contributed by atoms with van der Waals surface area (Å²) in [5.41, 5.74) is 33.2. The van der Waals surface area contributed by atoms with E-state index in [9.17, 15) is 0 Å². The van der Waals surface area contributed by atoms with Crippen LogP contribution in [0.2, 0.25) is 0 Å². The summed E-state index contributed by atoms with van der Waals surface area (Å²) < 4.78 is 0. The van der Waals surface area contributed by atoms with E-state index in [-0.39, 0.29) is 0 Å². The Hall–Kier alpha value is -4.08. The largest absolute Gasteiger partial charge is 0.397 e. The fourth-order valence-corrected chi connectivity index (χ4v) is 5.86. The molecule has 3 nitrogen and oxygen atoms in total. The fourth-order valence-electron chi connectivity index (χ4n) is 5.86. The molecular weight excluding hydrogens is 474 g/mol. The van der Waals surface area contributed by atoms with Gasteiger partial charge in [-0.2, -0.15) is 0 Å². The number of nitrogens with two attached hydrogens (primary N) is 3. The number of allylic oxidation sites excluding steroid dienone is 6. The summed E-state index contributed by atoms with van der Waals surface area (Å²) in [5.74, 6) is 0. The van der Waals surface area contributed by atoms with Crippen molar-refractivity contribution in [2.24, 2.45) is 17.2 Å². The average molecular weight is 514 g/mol. The molecule has 39 heavy (non-hydrogen) atoms. The molecule has 0 heterocycles. The Bertz CT molecular complexity index is 1430. The van der Waals surface area contributed by atoms with Gasteiger partial charge in [0.05, 0.1) is 11.4 Å². The van der Waals surface area contributed by atoms with Crippen molar-refractivity contribution < 1.29 is 0 Å². The van der Waals surface area contributed by atoms with Gasteiger partial charge in [0.15, 0.2) is 0 Å². The van der Waals surface area contributed by atoms with Gasteiger partial charge in [-0.15, -0.1) is 0 Å². The minimum atomic E-state index is 0.477. The second-order valence-corrected chi connectivity index (χ2v) is 10.4. The van der Waals surface area contributed by atoms with Crippen LogP contribution in [0.1, 0.15) is 51.0 Å². The standard InChI is InChI=1S/C36H39N3/c1-2-11-27-18-19-28(36(39)35(27)38)20-32(24-37)34-17-10-9-16-33(34)31-22-29(25-12-5-3-6-13-25)21-30(23-31)26-14-7-4-8-15-26/h2-8,11-15,20-23H,9-10,16-19,24,37-39H2,1H3/b11-2-,32-20+. The molecule has 0 amide bonds. The molecule has 0 fully saturated rings. The molecule has 0 aromatic heterocycles. The van der Waals surface area contributed by atoms with Crippen LogP contribution in [-0.4, -0.2) is 6.54 Å². The SMILES string of the molecule is C/C=C\C1=C(N)C(N)=C(/C=C(\CN)C2=C(c3cc(-c4ccccc4)cc(-c4ccccc4)c3)CCCC2)CC1. The topological polar surface area (TPSA) is 78.1 Å². The molecule has 0 aliphatic heterocycles. The second-order valence-electron chi connectivity index (χ2n) is 10.4. The van der Waals surface area contributed by atoms with Crippen LogP contribution in [0.15, 0.2) is 131 Å². The summed E-state index contributed by atoms with van der Waals surface area (Å²) in [6.45, 7) is 2.49. The quantitative estimate of drug-likeness (QED) is 0.299. The lowest BCUT2D eigenvalue weighted by Crippen LogP contribution is -2.18. The van der Waals surface area contributed by atoms with E-state index < -0.39 is 0 Å². The molecule has 2 aliphatic carbocycles. The van der Waals surface area contributed by atoms with Gasteiger partial charge < -0.3 is 17.2 Å². The minimum absolute atomic E-state index is 0.477. The van der Waals surface area contributed by atoms with E-state index in [0.29, 0.717) is 17.9 Å². The predicted molar refractivity (Wildman–Crippen MR) is 166 cm³/mol. The lowest BCUT2D eigenvalue weighted by atomic mass is 9.81. The molecule has 0 saturated carbocycles. The third-order valence-corrected chi connectivity index (χ3v) is 7.93. The van der Waals surface area contributed by atoms with Gasteiger partial charge in [-0.1, -0.05) is 78.9 Å². The maximum Gasteiger partial charge on any atom is 0.0583 e. The molecule has 0 atom stereocenters. The molecule has 0 unspecified atom stereocenters. The molecule has 3 aromatic rings. The van der Waals surface area contributed by atoms with E-state index >= 15 is 0 Å². The maximum atomic E-state index is 6.55. The normalized spacial score (nSPS) is 16.9. The minimum Gasteiger partial charge on any atom is -0.397 e. The molecule has 6 N–H and O–H groups in total. The number of benzene rings is 3. The number of hydrogen-bond acceptors (Lipinski definition) is 3. The molecule has 3 heteroatoms. The summed E-state index contributed by atoms with van der Waals surface area (Å²) >= 11 is 0. The average Bonchev–Trinajstić information content (AvgIpc) is 3.00. The molecule has 0 spiro atoms. The lowest BCUT2D eigenvalue weighted by molar-refractivity contribution is 0.715. The lowest BCUT2D eigenvalue weighted by Gasteiger charge is -2.25. The first-order valence-electron chi connectivity index (χ1n) is 14.1. The summed E-state index contributed by atoms with van der Waals surface area (Å²) in [5, 5.41) is 0. The zero-order valence-electron chi connectivity index (χ0n) is 22.9. The Kier molecular flexibility index (Phi) is 8.29. The third kappa shape index (κ3) is 5.84. The maximum absolute atomic E-state index is 6.55. The Morgan fingerprint density at radius 1 is 0.667 bits per heavy atom. The van der Waals surface area contributed by atoms with Crippen molar-refractivity contribution in [3.05, 3.63) is 136 Å². The van der Waals surface area contributed by atoms with Crippen molar-refractivity contribution in [3.63, 3.8) is 0 Å². The highest BCUT2D eigenvalue weighted by Crippen LogP contribution is 2.40. The fraction of sp³-hybridized carbons (Fsp3) is 0.222. The Labute approximate surface area is 233 Å². The zero-order chi connectivity index (χ0) is 27.2. The molecule has 2 aliphatic rings. The van der Waals surface area contributed by atoms with Gasteiger partial charge in [-0.3, -0.25) is 0 Å². The highest BCUT2D eigenvalue weighted by atomic mass is 14.7. The second kappa shape index (κ2) is 12.2. The van der Waals surface area contributed by atoms with E-state index in [1.54, 1.807) is 0 Å². The monoisotopic (exact) mass is 513 g/mol. The van der Waals surface area contributed by atoms with Crippen LogP contribution < -0.4 is 17.2 Å². The molecule has 5 rings (SSSR count). The van der Waals surface area contributed by atoms with Crippen LogP contribution in [0.5, 0.6) is 0 Å². The molecule has 3 aromatic carbocycles. The van der Waals surface area contributed by atoms with Gasteiger partial charge in [0, 0.05) is 6.54 Å². The van der Waals surface area contributed by atoms with Crippen molar-refractivity contribution in [2.45, 2.75) is 45.4 Å². The van der Waals surface area contributed by atoms with E-state index in [4.69, 9.17) is 17.2 Å². The van der Waals surface area contributed by atoms with Gasteiger partial charge >= 0.3 is 0 Å². The van der Waals surface area contributed by atoms with Crippen molar-refractivity contribution in [2.75, 3.05) is 6.54 Å². The highest BCUT2D eigenvalue weighted by Gasteiger charge is 2.21. The third-order valence-electron chi connectivity index (χ3n) is 7.93. The van der Waals surface area contributed by atoms with Crippen LogP contribution in [0, 0.1) is 0 Å². The molecule has 198 valence electrons. The number of rotatable bonds is 7. The van der Waals surface area contributed by atoms with Crippen molar-refractivity contribution in [1.82, 2.24) is 0 Å². The highest BCUT2D eigenvalue weighted by molar-refractivity contribution is 5.82. The van der Waals surface area contributed by atoms with Gasteiger partial charge in [0.2, 0.25) is 0 Å². The Morgan fingerprint density at radius 3 is 1.79 bits per heavy atom. The first-order valence-corrected chi connectivity index (χ1v) is 14.1. The van der Waals surface area contributed by atoms with E-state index in [2.05, 4.69) is 91.0 Å². The van der Waals surface area contributed by atoms with Crippen LogP contribution in [0.4, 0.5) is 0 Å². The van der Waals surface area contributed by atoms with Gasteiger partial charge in [0.1, 0.15) is 0 Å². The van der Waals surface area contributed by atoms with Crippen molar-refractivity contribution >= 4 is 5.57 Å². The Morgan fingerprint density at radius 2 is 1.21 bits per heavy atom. The van der Waals surface area contributed by atoms with Gasteiger partial charge in [0.25, 0.3) is 0 Å². The number of hydrogen-bond donors (Lipinski definition) is 3. The van der Waals surface area contributed by atoms with Crippen LogP contribution >= 0.6 is 0 Å².